The van der Waals surface area contributed by atoms with Crippen molar-refractivity contribution in [1.29, 1.82) is 0 Å². The zero-order valence-corrected chi connectivity index (χ0v) is 14.3. The van der Waals surface area contributed by atoms with Crippen molar-refractivity contribution in [2.45, 2.75) is 20.0 Å². The van der Waals surface area contributed by atoms with Crippen LogP contribution in [0.25, 0.3) is 0 Å². The molecule has 0 bridgehead atoms. The summed E-state index contributed by atoms with van der Waals surface area (Å²) in [5.74, 6) is 0. The molecule has 4 nitrogen and oxygen atoms in total. The molecule has 1 aliphatic rings. The maximum Gasteiger partial charge on any atom is 0.185 e. The monoisotopic (exact) mass is 322 g/mol. The molecule has 1 saturated heterocycles. The second-order valence-electron chi connectivity index (χ2n) is 5.40. The Hall–Kier alpha value is -0.950. The van der Waals surface area contributed by atoms with Gasteiger partial charge < -0.3 is 10.2 Å². The number of nitrogens with one attached hydrogen (secondary N) is 1. The van der Waals surface area contributed by atoms with Gasteiger partial charge in [0, 0.05) is 60.6 Å². The van der Waals surface area contributed by atoms with Crippen LogP contribution in [0.5, 0.6) is 0 Å². The molecular formula is C15H22N4S2. The highest BCUT2D eigenvalue weighted by atomic mass is 32.1. The van der Waals surface area contributed by atoms with Crippen LogP contribution in [0.4, 0.5) is 5.13 Å². The first-order chi connectivity index (χ1) is 10.3. The highest BCUT2D eigenvalue weighted by molar-refractivity contribution is 7.13. The Morgan fingerprint density at radius 1 is 1.29 bits per heavy atom. The van der Waals surface area contributed by atoms with Gasteiger partial charge in [0.1, 0.15) is 0 Å². The molecule has 0 atom stereocenters. The van der Waals surface area contributed by atoms with E-state index in [0.717, 1.165) is 44.4 Å². The zero-order valence-electron chi connectivity index (χ0n) is 12.6. The average molecular weight is 323 g/mol. The largest absolute Gasteiger partial charge is 0.346 e. The third-order valence-electron chi connectivity index (χ3n) is 3.88. The average Bonchev–Trinajstić information content (AvgIpc) is 3.11. The van der Waals surface area contributed by atoms with Crippen molar-refractivity contribution >= 4 is 27.8 Å². The van der Waals surface area contributed by atoms with Gasteiger partial charge in [-0.2, -0.15) is 0 Å². The summed E-state index contributed by atoms with van der Waals surface area (Å²) < 4.78 is 0. The zero-order chi connectivity index (χ0) is 14.7. The number of hydrogen-bond acceptors (Lipinski definition) is 6. The number of aromatic nitrogens is 1. The van der Waals surface area contributed by atoms with Crippen LogP contribution in [0.15, 0.2) is 17.6 Å². The molecule has 1 aliphatic heterocycles. The first-order valence-corrected chi connectivity index (χ1v) is 9.05. The second kappa shape index (κ2) is 6.87. The van der Waals surface area contributed by atoms with E-state index in [1.54, 1.807) is 11.3 Å². The van der Waals surface area contributed by atoms with Crippen LogP contribution < -0.4 is 10.2 Å². The molecule has 21 heavy (non-hydrogen) atoms. The molecule has 0 unspecified atom stereocenters. The Kier molecular flexibility index (Phi) is 4.90. The maximum atomic E-state index is 4.41. The van der Waals surface area contributed by atoms with Crippen LogP contribution in [-0.2, 0) is 13.1 Å². The molecular weight excluding hydrogens is 300 g/mol. The van der Waals surface area contributed by atoms with Gasteiger partial charge in [0.25, 0.3) is 0 Å². The fourth-order valence-electron chi connectivity index (χ4n) is 2.72. The van der Waals surface area contributed by atoms with E-state index in [4.69, 9.17) is 0 Å². The minimum absolute atomic E-state index is 0.976. The van der Waals surface area contributed by atoms with E-state index in [1.807, 2.05) is 24.6 Å². The van der Waals surface area contributed by atoms with E-state index in [-0.39, 0.29) is 0 Å². The van der Waals surface area contributed by atoms with Gasteiger partial charge in [-0.25, -0.2) is 4.98 Å². The third kappa shape index (κ3) is 3.63. The normalized spacial score (nSPS) is 16.6. The lowest BCUT2D eigenvalue weighted by atomic mass is 10.2. The van der Waals surface area contributed by atoms with Crippen molar-refractivity contribution in [3.05, 3.63) is 33.0 Å². The number of anilines is 1. The topological polar surface area (TPSA) is 31.4 Å². The molecule has 0 saturated carbocycles. The molecule has 3 rings (SSSR count). The van der Waals surface area contributed by atoms with Crippen molar-refractivity contribution in [2.24, 2.45) is 0 Å². The van der Waals surface area contributed by atoms with E-state index in [2.05, 4.69) is 38.5 Å². The number of thiophene rings is 1. The molecule has 3 heterocycles. The van der Waals surface area contributed by atoms with Gasteiger partial charge in [0.2, 0.25) is 0 Å². The Morgan fingerprint density at radius 3 is 2.76 bits per heavy atom. The fourth-order valence-corrected chi connectivity index (χ4v) is 4.48. The van der Waals surface area contributed by atoms with Gasteiger partial charge in [-0.15, -0.1) is 22.7 Å². The molecule has 2 aromatic heterocycles. The van der Waals surface area contributed by atoms with Gasteiger partial charge in [-0.1, -0.05) is 0 Å². The molecule has 0 spiro atoms. The van der Waals surface area contributed by atoms with Gasteiger partial charge in [-0.05, 0) is 25.6 Å². The SMILES string of the molecule is CNCc1cc(CN2CCN(c3nccs3)CC2)c(C)s1. The molecule has 0 aliphatic carbocycles. The van der Waals surface area contributed by atoms with E-state index < -0.39 is 0 Å². The first kappa shape index (κ1) is 15.0. The molecule has 2 aromatic rings. The Bertz CT molecular complexity index is 556. The predicted octanol–water partition coefficient (Wildman–Crippen LogP) is 2.55. The smallest absolute Gasteiger partial charge is 0.185 e. The predicted molar refractivity (Wildman–Crippen MR) is 91.4 cm³/mol. The van der Waals surface area contributed by atoms with Crippen molar-refractivity contribution < 1.29 is 0 Å². The highest BCUT2D eigenvalue weighted by Gasteiger charge is 2.19. The van der Waals surface area contributed by atoms with Crippen molar-refractivity contribution in [3.63, 3.8) is 0 Å². The Balaban J connectivity index is 1.55. The summed E-state index contributed by atoms with van der Waals surface area (Å²) in [4.78, 5) is 12.3. The van der Waals surface area contributed by atoms with Crippen LogP contribution in [0.3, 0.4) is 0 Å². The minimum Gasteiger partial charge on any atom is -0.346 e. The van der Waals surface area contributed by atoms with E-state index in [0.29, 0.717) is 0 Å². The third-order valence-corrected chi connectivity index (χ3v) is 5.80. The molecule has 0 radical (unpaired) electrons. The number of piperazine rings is 1. The van der Waals surface area contributed by atoms with Crippen LogP contribution in [-0.4, -0.2) is 43.1 Å². The molecule has 1 fully saturated rings. The Morgan fingerprint density at radius 2 is 2.10 bits per heavy atom. The summed E-state index contributed by atoms with van der Waals surface area (Å²) in [6, 6.07) is 2.36. The molecule has 1 N–H and O–H groups in total. The van der Waals surface area contributed by atoms with Crippen LogP contribution in [0.2, 0.25) is 0 Å². The molecule has 0 amide bonds. The van der Waals surface area contributed by atoms with Crippen LogP contribution in [0, 0.1) is 6.92 Å². The van der Waals surface area contributed by atoms with Crippen molar-refractivity contribution in [3.8, 4) is 0 Å². The summed E-state index contributed by atoms with van der Waals surface area (Å²) in [7, 11) is 2.01. The first-order valence-electron chi connectivity index (χ1n) is 7.36. The lowest BCUT2D eigenvalue weighted by Gasteiger charge is -2.34. The molecule has 0 aromatic carbocycles. The van der Waals surface area contributed by atoms with Crippen molar-refractivity contribution in [2.75, 3.05) is 38.1 Å². The molecule has 114 valence electrons. The summed E-state index contributed by atoms with van der Waals surface area (Å²) in [6.45, 7) is 8.71. The summed E-state index contributed by atoms with van der Waals surface area (Å²) in [5.41, 5.74) is 1.49. The number of aryl methyl sites for hydroxylation is 1. The van der Waals surface area contributed by atoms with Crippen LogP contribution >= 0.6 is 22.7 Å². The Labute approximate surface area is 134 Å². The quantitative estimate of drug-likeness (QED) is 0.917. The number of thiazole rings is 1. The van der Waals surface area contributed by atoms with Gasteiger partial charge in [0.05, 0.1) is 0 Å². The highest BCUT2D eigenvalue weighted by Crippen LogP contribution is 2.24. The van der Waals surface area contributed by atoms with E-state index >= 15 is 0 Å². The second-order valence-corrected chi connectivity index (χ2v) is 7.62. The van der Waals surface area contributed by atoms with Crippen LogP contribution in [0.1, 0.15) is 15.3 Å². The van der Waals surface area contributed by atoms with Gasteiger partial charge in [-0.3, -0.25) is 4.90 Å². The number of nitrogens with zero attached hydrogens (tertiary/aromatic N) is 3. The summed E-state index contributed by atoms with van der Waals surface area (Å²) in [5, 5.41) is 6.45. The van der Waals surface area contributed by atoms with Gasteiger partial charge >= 0.3 is 0 Å². The maximum absolute atomic E-state index is 4.41. The lowest BCUT2D eigenvalue weighted by Crippen LogP contribution is -2.45. The number of rotatable bonds is 5. The van der Waals surface area contributed by atoms with E-state index in [1.165, 1.54) is 15.3 Å². The summed E-state index contributed by atoms with van der Waals surface area (Å²) in [6.07, 6.45) is 1.89. The lowest BCUT2D eigenvalue weighted by molar-refractivity contribution is 0.249. The van der Waals surface area contributed by atoms with Gasteiger partial charge in [0.15, 0.2) is 5.13 Å². The van der Waals surface area contributed by atoms with E-state index in [9.17, 15) is 0 Å². The standard InChI is InChI=1S/C15H22N4S2/c1-12-13(9-14(21-12)10-16-2)11-18-4-6-19(7-5-18)15-17-3-8-20-15/h3,8-9,16H,4-7,10-11H2,1-2H3. The minimum atomic E-state index is 0.976. The fraction of sp³-hybridized carbons (Fsp3) is 0.533. The van der Waals surface area contributed by atoms with Crippen molar-refractivity contribution in [1.82, 2.24) is 15.2 Å². The number of hydrogen-bond donors (Lipinski definition) is 1. The molecule has 6 heteroatoms. The summed E-state index contributed by atoms with van der Waals surface area (Å²) >= 11 is 3.66.